The summed E-state index contributed by atoms with van der Waals surface area (Å²) in [5.74, 6) is 0.697. The van der Waals surface area contributed by atoms with Crippen LogP contribution in [0.3, 0.4) is 0 Å². The van der Waals surface area contributed by atoms with Gasteiger partial charge in [-0.25, -0.2) is 9.78 Å². The molecule has 0 spiro atoms. The van der Waals surface area contributed by atoms with E-state index >= 15 is 0 Å². The van der Waals surface area contributed by atoms with Gasteiger partial charge in [-0.05, 0) is 44.2 Å². The van der Waals surface area contributed by atoms with Crippen molar-refractivity contribution in [1.82, 2.24) is 9.55 Å². The predicted molar refractivity (Wildman–Crippen MR) is 74.0 cm³/mol. The average molecular weight is 270 g/mol. The lowest BCUT2D eigenvalue weighted by atomic mass is 10.2. The molecule has 3 rings (SSSR count). The summed E-state index contributed by atoms with van der Waals surface area (Å²) in [6.07, 6.45) is 1.63. The molecule has 1 unspecified atom stereocenters. The van der Waals surface area contributed by atoms with Gasteiger partial charge >= 0.3 is 5.97 Å². The third-order valence-corrected chi connectivity index (χ3v) is 3.46. The molecular weight excluding hydrogens is 256 g/mol. The van der Waals surface area contributed by atoms with Crippen LogP contribution in [0.5, 0.6) is 0 Å². The van der Waals surface area contributed by atoms with Crippen LogP contribution in [0, 0.1) is 6.92 Å². The van der Waals surface area contributed by atoms with Gasteiger partial charge in [0, 0.05) is 0 Å². The van der Waals surface area contributed by atoms with E-state index < -0.39 is 5.97 Å². The fraction of sp³-hybridized carbons (Fsp3) is 0.200. The lowest BCUT2D eigenvalue weighted by molar-refractivity contribution is 0.0697. The number of carboxylic acid groups (broad SMARTS) is 1. The van der Waals surface area contributed by atoms with Crippen LogP contribution in [-0.4, -0.2) is 20.6 Å². The van der Waals surface area contributed by atoms with Crippen molar-refractivity contribution in [2.24, 2.45) is 0 Å². The van der Waals surface area contributed by atoms with Gasteiger partial charge in [0.05, 0.1) is 28.9 Å². The molecule has 0 aliphatic heterocycles. The van der Waals surface area contributed by atoms with E-state index in [4.69, 9.17) is 9.52 Å². The topological polar surface area (TPSA) is 68.3 Å². The summed E-state index contributed by atoms with van der Waals surface area (Å²) < 4.78 is 7.42. The third kappa shape index (κ3) is 1.87. The number of aromatic nitrogens is 2. The highest BCUT2D eigenvalue weighted by Gasteiger charge is 2.18. The van der Waals surface area contributed by atoms with Crippen LogP contribution in [0.2, 0.25) is 0 Å². The first-order valence-corrected chi connectivity index (χ1v) is 6.33. The van der Waals surface area contributed by atoms with E-state index in [1.165, 1.54) is 0 Å². The second-order valence-corrected chi connectivity index (χ2v) is 4.73. The second kappa shape index (κ2) is 4.52. The molecule has 1 N–H and O–H groups in total. The molecule has 0 radical (unpaired) electrons. The molecule has 1 aromatic carbocycles. The zero-order valence-corrected chi connectivity index (χ0v) is 11.2. The number of nitrogens with zero attached hydrogens (tertiary/aromatic N) is 2. The highest BCUT2D eigenvalue weighted by atomic mass is 16.4. The first kappa shape index (κ1) is 12.5. The van der Waals surface area contributed by atoms with Crippen molar-refractivity contribution in [2.45, 2.75) is 19.9 Å². The van der Waals surface area contributed by atoms with Crippen molar-refractivity contribution in [2.75, 3.05) is 0 Å². The lowest BCUT2D eigenvalue weighted by Gasteiger charge is -2.14. The number of rotatable bonds is 3. The Morgan fingerprint density at radius 3 is 2.85 bits per heavy atom. The Morgan fingerprint density at radius 1 is 1.40 bits per heavy atom. The summed E-state index contributed by atoms with van der Waals surface area (Å²) >= 11 is 0. The number of carbonyl (C=O) groups is 1. The zero-order valence-electron chi connectivity index (χ0n) is 11.2. The van der Waals surface area contributed by atoms with Crippen molar-refractivity contribution in [1.29, 1.82) is 0 Å². The van der Waals surface area contributed by atoms with Gasteiger partial charge in [0.2, 0.25) is 0 Å². The van der Waals surface area contributed by atoms with Crippen molar-refractivity contribution in [3.8, 4) is 0 Å². The van der Waals surface area contributed by atoms with Gasteiger partial charge < -0.3 is 14.1 Å². The van der Waals surface area contributed by atoms with Gasteiger partial charge in [-0.15, -0.1) is 0 Å². The highest BCUT2D eigenvalue weighted by molar-refractivity contribution is 5.92. The highest BCUT2D eigenvalue weighted by Crippen LogP contribution is 2.26. The minimum atomic E-state index is -0.942. The molecule has 2 aromatic heterocycles. The van der Waals surface area contributed by atoms with Crippen LogP contribution < -0.4 is 0 Å². The van der Waals surface area contributed by atoms with Crippen LogP contribution in [0.1, 0.15) is 34.9 Å². The Morgan fingerprint density at radius 2 is 2.20 bits per heavy atom. The molecule has 2 heterocycles. The molecule has 0 amide bonds. The summed E-state index contributed by atoms with van der Waals surface area (Å²) in [7, 11) is 0. The first-order valence-electron chi connectivity index (χ1n) is 6.33. The number of aryl methyl sites for hydroxylation is 1. The normalized spacial score (nSPS) is 12.7. The molecule has 102 valence electrons. The summed E-state index contributed by atoms with van der Waals surface area (Å²) in [6.45, 7) is 3.90. The SMILES string of the molecule is Cc1nc2ccc(C(=O)O)cc2n1C(C)c1ccco1. The minimum Gasteiger partial charge on any atom is -0.478 e. The monoisotopic (exact) mass is 270 g/mol. The van der Waals surface area contributed by atoms with Crippen LogP contribution in [0.15, 0.2) is 41.0 Å². The molecule has 0 fully saturated rings. The van der Waals surface area contributed by atoms with E-state index in [2.05, 4.69) is 4.98 Å². The number of hydrogen-bond acceptors (Lipinski definition) is 3. The molecule has 5 heteroatoms. The Hall–Kier alpha value is -2.56. The second-order valence-electron chi connectivity index (χ2n) is 4.73. The van der Waals surface area contributed by atoms with Crippen molar-refractivity contribution in [3.05, 3.63) is 53.7 Å². The number of carboxylic acids is 1. The van der Waals surface area contributed by atoms with E-state index in [0.717, 1.165) is 22.6 Å². The van der Waals surface area contributed by atoms with E-state index in [1.54, 1.807) is 24.5 Å². The molecule has 0 aliphatic rings. The Kier molecular flexibility index (Phi) is 2.82. The summed E-state index contributed by atoms with van der Waals surface area (Å²) in [5.41, 5.74) is 1.84. The maximum Gasteiger partial charge on any atom is 0.335 e. The predicted octanol–water partition coefficient (Wildman–Crippen LogP) is 3.25. The molecular formula is C15H14N2O3. The molecule has 5 nitrogen and oxygen atoms in total. The fourth-order valence-electron chi connectivity index (χ4n) is 2.49. The zero-order chi connectivity index (χ0) is 14.3. The number of aromatic carboxylic acids is 1. The average Bonchev–Trinajstić information content (AvgIpc) is 3.03. The maximum absolute atomic E-state index is 11.1. The van der Waals surface area contributed by atoms with Gasteiger partial charge in [-0.1, -0.05) is 0 Å². The minimum absolute atomic E-state index is 0.0426. The first-order chi connectivity index (χ1) is 9.58. The largest absolute Gasteiger partial charge is 0.478 e. The van der Waals surface area contributed by atoms with Crippen molar-refractivity contribution >= 4 is 17.0 Å². The van der Waals surface area contributed by atoms with Crippen molar-refractivity contribution in [3.63, 3.8) is 0 Å². The molecule has 0 saturated carbocycles. The van der Waals surface area contributed by atoms with Crippen molar-refractivity contribution < 1.29 is 14.3 Å². The number of furan rings is 1. The van der Waals surface area contributed by atoms with Gasteiger partial charge in [-0.2, -0.15) is 0 Å². The Bertz CT molecular complexity index is 772. The summed E-state index contributed by atoms with van der Waals surface area (Å²) in [5, 5.41) is 9.12. The molecule has 0 bridgehead atoms. The van der Waals surface area contributed by atoms with Gasteiger partial charge in [0.15, 0.2) is 0 Å². The van der Waals surface area contributed by atoms with Crippen LogP contribution in [0.4, 0.5) is 0 Å². The fourth-order valence-corrected chi connectivity index (χ4v) is 2.49. The Labute approximate surface area is 115 Å². The van der Waals surface area contributed by atoms with E-state index in [-0.39, 0.29) is 11.6 Å². The Balaban J connectivity index is 2.21. The van der Waals surface area contributed by atoms with E-state index in [9.17, 15) is 4.79 Å². The molecule has 0 aliphatic carbocycles. The standard InChI is InChI=1S/C15H14N2O3/c1-9(14-4-3-7-20-14)17-10(2)16-12-6-5-11(15(18)19)8-13(12)17/h3-9H,1-2H3,(H,18,19). The molecule has 0 saturated heterocycles. The van der Waals surface area contributed by atoms with Crippen LogP contribution >= 0.6 is 0 Å². The summed E-state index contributed by atoms with van der Waals surface area (Å²) in [6, 6.07) is 8.65. The van der Waals surface area contributed by atoms with E-state index in [1.807, 2.05) is 30.5 Å². The number of benzene rings is 1. The number of imidazole rings is 1. The number of hydrogen-bond donors (Lipinski definition) is 1. The smallest absolute Gasteiger partial charge is 0.335 e. The van der Waals surface area contributed by atoms with Crippen LogP contribution in [-0.2, 0) is 0 Å². The van der Waals surface area contributed by atoms with E-state index in [0.29, 0.717) is 0 Å². The van der Waals surface area contributed by atoms with Crippen LogP contribution in [0.25, 0.3) is 11.0 Å². The van der Waals surface area contributed by atoms with Gasteiger partial charge in [-0.3, -0.25) is 0 Å². The third-order valence-electron chi connectivity index (χ3n) is 3.46. The molecule has 1 atom stereocenters. The molecule has 3 aromatic rings. The van der Waals surface area contributed by atoms with Gasteiger partial charge in [0.1, 0.15) is 11.6 Å². The summed E-state index contributed by atoms with van der Waals surface area (Å²) in [4.78, 5) is 15.6. The number of fused-ring (bicyclic) bond motifs is 1. The van der Waals surface area contributed by atoms with Gasteiger partial charge in [0.25, 0.3) is 0 Å². The quantitative estimate of drug-likeness (QED) is 0.793. The lowest BCUT2D eigenvalue weighted by Crippen LogP contribution is -2.08. The molecule has 20 heavy (non-hydrogen) atoms. The maximum atomic E-state index is 11.1.